The minimum atomic E-state index is 0.0286. The monoisotopic (exact) mass is 361 g/mol. The second kappa shape index (κ2) is 7.97. The predicted octanol–water partition coefficient (Wildman–Crippen LogP) is 3.89. The maximum atomic E-state index is 12.5. The highest BCUT2D eigenvalue weighted by molar-refractivity contribution is 5.95. The Balaban J connectivity index is 1.25. The highest BCUT2D eigenvalue weighted by atomic mass is 16.1. The Kier molecular flexibility index (Phi) is 5.26. The zero-order valence-electron chi connectivity index (χ0n) is 15.9. The highest BCUT2D eigenvalue weighted by Gasteiger charge is 2.20. The second-order valence-electron chi connectivity index (χ2n) is 7.68. The summed E-state index contributed by atoms with van der Waals surface area (Å²) in [5.41, 5.74) is 4.50. The number of fused-ring (bicyclic) bond motifs is 1. The third kappa shape index (κ3) is 4.40. The number of carbonyl (C=O) groups excluding carboxylic acids is 1. The molecule has 1 aliphatic rings. The van der Waals surface area contributed by atoms with Crippen molar-refractivity contribution in [3.8, 4) is 0 Å². The molecule has 0 aliphatic carbocycles. The van der Waals surface area contributed by atoms with Crippen LogP contribution in [0.5, 0.6) is 0 Å². The summed E-state index contributed by atoms with van der Waals surface area (Å²) in [4.78, 5) is 15.0. The molecule has 1 N–H and O–H groups in total. The van der Waals surface area contributed by atoms with E-state index < -0.39 is 0 Å². The molecule has 2 aromatic heterocycles. The average molecular weight is 361 g/mol. The zero-order chi connectivity index (χ0) is 18.6. The van der Waals surface area contributed by atoms with Gasteiger partial charge in [0.1, 0.15) is 0 Å². The van der Waals surface area contributed by atoms with Gasteiger partial charge in [0.2, 0.25) is 0 Å². The van der Waals surface area contributed by atoms with E-state index in [1.807, 2.05) is 41.1 Å². The van der Waals surface area contributed by atoms with Gasteiger partial charge in [0, 0.05) is 31.0 Å². The van der Waals surface area contributed by atoms with E-state index >= 15 is 0 Å². The average Bonchev–Trinajstić information content (AvgIpc) is 3.12. The van der Waals surface area contributed by atoms with Crippen LogP contribution in [0.4, 0.5) is 0 Å². The van der Waals surface area contributed by atoms with Gasteiger partial charge in [-0.05, 0) is 62.5 Å². The lowest BCUT2D eigenvalue weighted by Gasteiger charge is -2.32. The van der Waals surface area contributed by atoms with Crippen LogP contribution in [0.2, 0.25) is 0 Å². The fourth-order valence-corrected chi connectivity index (χ4v) is 3.94. The number of hydrogen-bond acceptors (Lipinski definition) is 2. The molecular weight excluding hydrogens is 334 g/mol. The van der Waals surface area contributed by atoms with Gasteiger partial charge in [0.15, 0.2) is 0 Å². The number of hydrogen-bond donors (Lipinski definition) is 1. The number of aromatic nitrogens is 1. The van der Waals surface area contributed by atoms with Gasteiger partial charge in [-0.15, -0.1) is 0 Å². The summed E-state index contributed by atoms with van der Waals surface area (Å²) in [5.74, 6) is 0.598. The summed E-state index contributed by atoms with van der Waals surface area (Å²) in [6, 6.07) is 16.7. The molecule has 4 rings (SSSR count). The first kappa shape index (κ1) is 17.8. The molecule has 140 valence electrons. The maximum absolute atomic E-state index is 12.5. The number of carbonyl (C=O) groups is 1. The van der Waals surface area contributed by atoms with Gasteiger partial charge in [0.05, 0.1) is 5.56 Å². The molecule has 0 atom stereocenters. The van der Waals surface area contributed by atoms with E-state index in [9.17, 15) is 4.79 Å². The molecule has 27 heavy (non-hydrogen) atoms. The van der Waals surface area contributed by atoms with E-state index in [2.05, 4.69) is 41.4 Å². The summed E-state index contributed by atoms with van der Waals surface area (Å²) < 4.78 is 1.98. The number of likely N-dealkylation sites (tertiary alicyclic amines) is 1. The molecule has 1 aliphatic heterocycles. The normalized spacial score (nSPS) is 15.9. The van der Waals surface area contributed by atoms with Crippen molar-refractivity contribution in [2.45, 2.75) is 26.3 Å². The van der Waals surface area contributed by atoms with Crippen LogP contribution in [0.25, 0.3) is 5.52 Å². The predicted molar refractivity (Wildman–Crippen MR) is 109 cm³/mol. The van der Waals surface area contributed by atoms with Gasteiger partial charge in [-0.3, -0.25) is 9.69 Å². The Labute approximate surface area is 160 Å². The van der Waals surface area contributed by atoms with Crippen LogP contribution < -0.4 is 5.32 Å². The first-order chi connectivity index (χ1) is 13.2. The second-order valence-corrected chi connectivity index (χ2v) is 7.68. The molecule has 3 heterocycles. The molecule has 0 radical (unpaired) electrons. The molecule has 0 spiro atoms. The number of benzene rings is 1. The summed E-state index contributed by atoms with van der Waals surface area (Å²) in [5, 5.41) is 3.13. The van der Waals surface area contributed by atoms with Crippen LogP contribution in [0.3, 0.4) is 0 Å². The number of aryl methyl sites for hydroxylation is 1. The number of nitrogens with zero attached hydrogens (tertiary/aromatic N) is 2. The van der Waals surface area contributed by atoms with Crippen LogP contribution in [0.1, 0.15) is 34.3 Å². The van der Waals surface area contributed by atoms with E-state index in [4.69, 9.17) is 0 Å². The number of pyridine rings is 1. The van der Waals surface area contributed by atoms with Gasteiger partial charge in [-0.1, -0.05) is 35.9 Å². The van der Waals surface area contributed by atoms with Crippen molar-refractivity contribution in [1.29, 1.82) is 0 Å². The lowest BCUT2D eigenvalue weighted by molar-refractivity contribution is 0.0935. The van der Waals surface area contributed by atoms with E-state index in [0.29, 0.717) is 5.92 Å². The molecule has 1 saturated heterocycles. The standard InChI is InChI=1S/C23H27N3O/c1-18-5-4-6-20(13-18)16-25-11-8-19(9-12-25)15-24-23(27)21-14-22-7-2-3-10-26(22)17-21/h2-7,10,13-14,17,19H,8-9,11-12,15-16H2,1H3,(H,24,27). The third-order valence-corrected chi connectivity index (χ3v) is 5.51. The Bertz CT molecular complexity index is 889. The van der Waals surface area contributed by atoms with Crippen molar-refractivity contribution in [2.75, 3.05) is 19.6 Å². The Hall–Kier alpha value is -2.59. The Morgan fingerprint density at radius 1 is 1.11 bits per heavy atom. The topological polar surface area (TPSA) is 36.8 Å². The quantitative estimate of drug-likeness (QED) is 0.748. The molecule has 3 aromatic rings. The van der Waals surface area contributed by atoms with Gasteiger partial charge >= 0.3 is 0 Å². The van der Waals surface area contributed by atoms with E-state index in [1.165, 1.54) is 11.1 Å². The first-order valence-corrected chi connectivity index (χ1v) is 9.80. The van der Waals surface area contributed by atoms with Crippen LogP contribution in [-0.2, 0) is 6.54 Å². The van der Waals surface area contributed by atoms with E-state index in [-0.39, 0.29) is 5.91 Å². The SMILES string of the molecule is Cc1cccc(CN2CCC(CNC(=O)c3cc4ccccn4c3)CC2)c1. The van der Waals surface area contributed by atoms with Crippen LogP contribution in [0.15, 0.2) is 60.9 Å². The fourth-order valence-electron chi connectivity index (χ4n) is 3.94. The number of piperidine rings is 1. The van der Waals surface area contributed by atoms with Crippen molar-refractivity contribution < 1.29 is 4.79 Å². The minimum Gasteiger partial charge on any atom is -0.352 e. The molecular formula is C23H27N3O. The van der Waals surface area contributed by atoms with Crippen molar-refractivity contribution >= 4 is 11.4 Å². The molecule has 1 fully saturated rings. The lowest BCUT2D eigenvalue weighted by atomic mass is 9.96. The fraction of sp³-hybridized carbons (Fsp3) is 0.348. The number of nitrogens with one attached hydrogen (secondary N) is 1. The molecule has 4 heteroatoms. The van der Waals surface area contributed by atoms with Crippen molar-refractivity contribution in [3.63, 3.8) is 0 Å². The molecule has 1 aromatic carbocycles. The smallest absolute Gasteiger partial charge is 0.252 e. The summed E-state index contributed by atoms with van der Waals surface area (Å²) in [6.07, 6.45) is 6.15. The number of amides is 1. The van der Waals surface area contributed by atoms with Crippen molar-refractivity contribution in [3.05, 3.63) is 77.6 Å². The minimum absolute atomic E-state index is 0.0286. The van der Waals surface area contributed by atoms with Crippen LogP contribution in [0, 0.1) is 12.8 Å². The van der Waals surface area contributed by atoms with Gasteiger partial charge in [-0.2, -0.15) is 0 Å². The lowest BCUT2D eigenvalue weighted by Crippen LogP contribution is -2.38. The van der Waals surface area contributed by atoms with Gasteiger partial charge in [0.25, 0.3) is 5.91 Å². The van der Waals surface area contributed by atoms with Crippen LogP contribution >= 0.6 is 0 Å². The van der Waals surface area contributed by atoms with Crippen LogP contribution in [-0.4, -0.2) is 34.8 Å². The number of rotatable bonds is 5. The van der Waals surface area contributed by atoms with Crippen molar-refractivity contribution in [2.24, 2.45) is 5.92 Å². The first-order valence-electron chi connectivity index (χ1n) is 9.80. The van der Waals surface area contributed by atoms with Gasteiger partial charge < -0.3 is 9.72 Å². The Morgan fingerprint density at radius 3 is 2.74 bits per heavy atom. The largest absolute Gasteiger partial charge is 0.352 e. The molecule has 0 bridgehead atoms. The maximum Gasteiger partial charge on any atom is 0.252 e. The molecule has 0 saturated carbocycles. The van der Waals surface area contributed by atoms with E-state index in [0.717, 1.165) is 50.1 Å². The van der Waals surface area contributed by atoms with Gasteiger partial charge in [-0.25, -0.2) is 0 Å². The molecule has 4 nitrogen and oxygen atoms in total. The van der Waals surface area contributed by atoms with Crippen molar-refractivity contribution in [1.82, 2.24) is 14.6 Å². The molecule has 0 unspecified atom stereocenters. The summed E-state index contributed by atoms with van der Waals surface area (Å²) >= 11 is 0. The Morgan fingerprint density at radius 2 is 1.96 bits per heavy atom. The third-order valence-electron chi connectivity index (χ3n) is 5.51. The molecule has 1 amide bonds. The summed E-state index contributed by atoms with van der Waals surface area (Å²) in [6.45, 7) is 6.14. The summed E-state index contributed by atoms with van der Waals surface area (Å²) in [7, 11) is 0. The zero-order valence-corrected chi connectivity index (χ0v) is 15.9. The van der Waals surface area contributed by atoms with E-state index in [1.54, 1.807) is 0 Å². The highest BCUT2D eigenvalue weighted by Crippen LogP contribution is 2.19.